The lowest BCUT2D eigenvalue weighted by atomic mass is 9.69. The average molecular weight is 863 g/mol. The second-order valence-electron chi connectivity index (χ2n) is 19.9. The lowest BCUT2D eigenvalue weighted by Gasteiger charge is -2.51. The molecule has 4 N–H and O–H groups in total. The maximum atomic E-state index is 13.0. The summed E-state index contributed by atoms with van der Waals surface area (Å²) in [6, 6.07) is 21.6. The predicted molar refractivity (Wildman–Crippen MR) is 247 cm³/mol. The molecule has 4 fully saturated rings. The molecule has 0 radical (unpaired) electrons. The van der Waals surface area contributed by atoms with Crippen molar-refractivity contribution in [1.82, 2.24) is 40.6 Å². The van der Waals surface area contributed by atoms with Crippen molar-refractivity contribution in [1.29, 1.82) is 0 Å². The lowest BCUT2D eigenvalue weighted by Crippen LogP contribution is -2.52. The van der Waals surface area contributed by atoms with Crippen LogP contribution in [0.5, 0.6) is 0 Å². The smallest absolute Gasteiger partial charge is 0.315 e. The maximum Gasteiger partial charge on any atom is 0.315 e. The standard InChI is InChI=1S/C50H58N10O4/c1-29-24-32(8-12-37(29)30(2)53-46(63)47-57-48(58-64-47)49(3,4)5)43-42-38-13-11-35(27-40(38)55-44(42)52-28-51-43)59-20-16-50(17-21-59)18-22-60(23-19-50)36-25-33(26-36)31-6-9-34(10-7-31)54-39-14-15-41(61)56-45(39)62/h6-13,24,27-28,30,33,36,39,54H,14-23,25-26H2,1-5H3,(H,53,63)(H,51,52,55)(H,56,61,62)/t30-,33-,36-,39+/m1/s1. The Bertz CT molecular complexity index is 2730. The van der Waals surface area contributed by atoms with Crippen LogP contribution in [0.3, 0.4) is 0 Å². The number of nitrogens with one attached hydrogen (secondary N) is 4. The van der Waals surface area contributed by atoms with Crippen LogP contribution in [-0.2, 0) is 15.0 Å². The van der Waals surface area contributed by atoms with E-state index in [1.165, 1.54) is 62.9 Å². The number of hydrogen-bond acceptors (Lipinski definition) is 11. The van der Waals surface area contributed by atoms with Crippen molar-refractivity contribution in [3.05, 3.63) is 95.4 Å². The normalized spacial score (nSPS) is 22.1. The summed E-state index contributed by atoms with van der Waals surface area (Å²) in [5, 5.41) is 14.8. The summed E-state index contributed by atoms with van der Waals surface area (Å²) in [6.07, 6.45) is 9.94. The summed E-state index contributed by atoms with van der Waals surface area (Å²) >= 11 is 0. The van der Waals surface area contributed by atoms with Crippen LogP contribution in [0.15, 0.2) is 71.5 Å². The minimum absolute atomic E-state index is 0.0395. The van der Waals surface area contributed by atoms with Crippen LogP contribution in [-0.4, -0.2) is 86.0 Å². The SMILES string of the molecule is Cc1cc(-c2ncnc3[nH]c4cc(N5CCC6(CC5)CCN([C@H]5C[C@H](c7ccc(N[C@H]8CCC(=O)NC8=O)cc7)C5)CC6)ccc4c23)ccc1[C@@H](C)NC(=O)c1nc(C(C)(C)C)no1. The molecule has 3 amide bonds. The minimum atomic E-state index is -0.399. The molecule has 14 heteroatoms. The van der Waals surface area contributed by atoms with Crippen molar-refractivity contribution in [2.75, 3.05) is 36.4 Å². The molecule has 332 valence electrons. The van der Waals surface area contributed by atoms with Crippen molar-refractivity contribution in [3.63, 3.8) is 0 Å². The molecule has 3 saturated heterocycles. The first kappa shape index (κ1) is 41.8. The number of carbonyl (C=O) groups is 3. The highest BCUT2D eigenvalue weighted by Crippen LogP contribution is 2.47. The quantitative estimate of drug-likeness (QED) is 0.103. The van der Waals surface area contributed by atoms with Crippen molar-refractivity contribution >= 4 is 51.0 Å². The Kier molecular flexibility index (Phi) is 10.7. The van der Waals surface area contributed by atoms with Gasteiger partial charge in [0.2, 0.25) is 11.8 Å². The molecule has 3 aromatic carbocycles. The Balaban J connectivity index is 0.734. The molecule has 3 aliphatic heterocycles. The number of fused-ring (bicyclic) bond motifs is 3. The number of benzene rings is 3. The molecule has 2 atom stereocenters. The van der Waals surface area contributed by atoms with Crippen molar-refractivity contribution in [2.45, 2.75) is 115 Å². The van der Waals surface area contributed by atoms with Gasteiger partial charge < -0.3 is 29.9 Å². The molecule has 6 aromatic rings. The third kappa shape index (κ3) is 8.12. The average Bonchev–Trinajstić information content (AvgIpc) is 3.92. The number of likely N-dealkylation sites (tertiary alicyclic amines) is 1. The van der Waals surface area contributed by atoms with Crippen molar-refractivity contribution in [2.24, 2.45) is 5.41 Å². The van der Waals surface area contributed by atoms with Crippen molar-refractivity contribution < 1.29 is 18.9 Å². The summed E-state index contributed by atoms with van der Waals surface area (Å²) in [6.45, 7) is 14.4. The van der Waals surface area contributed by atoms with E-state index in [2.05, 4.69) is 113 Å². The molecule has 14 nitrogen and oxygen atoms in total. The van der Waals surface area contributed by atoms with Crippen molar-refractivity contribution in [3.8, 4) is 11.3 Å². The van der Waals surface area contributed by atoms with Gasteiger partial charge in [0.1, 0.15) is 18.0 Å². The van der Waals surface area contributed by atoms with Gasteiger partial charge in [-0.2, -0.15) is 4.98 Å². The number of rotatable bonds is 9. The number of nitrogens with zero attached hydrogens (tertiary/aromatic N) is 6. The fraction of sp³-hybridized carbons (Fsp3) is 0.460. The summed E-state index contributed by atoms with van der Waals surface area (Å²) in [7, 11) is 0. The van der Waals surface area contributed by atoms with E-state index in [0.29, 0.717) is 36.0 Å². The Morgan fingerprint density at radius 1 is 0.938 bits per heavy atom. The van der Waals surface area contributed by atoms with E-state index >= 15 is 0 Å². The van der Waals surface area contributed by atoms with E-state index < -0.39 is 5.91 Å². The fourth-order valence-corrected chi connectivity index (χ4v) is 10.5. The zero-order valence-corrected chi connectivity index (χ0v) is 37.5. The highest BCUT2D eigenvalue weighted by molar-refractivity contribution is 6.12. The summed E-state index contributed by atoms with van der Waals surface area (Å²) in [5.74, 6) is 0.209. The maximum absolute atomic E-state index is 13.0. The summed E-state index contributed by atoms with van der Waals surface area (Å²) in [5.41, 5.74) is 9.40. The molecule has 64 heavy (non-hydrogen) atoms. The van der Waals surface area contributed by atoms with Crippen LogP contribution >= 0.6 is 0 Å². The largest absolute Gasteiger partial charge is 0.374 e. The van der Waals surface area contributed by atoms with Gasteiger partial charge in [-0.3, -0.25) is 19.7 Å². The molecule has 1 spiro atoms. The molecule has 0 bridgehead atoms. The zero-order chi connectivity index (χ0) is 44.3. The molecule has 4 aliphatic rings. The van der Waals surface area contributed by atoms with E-state index in [1.54, 1.807) is 6.33 Å². The zero-order valence-electron chi connectivity index (χ0n) is 37.5. The number of aryl methyl sites for hydroxylation is 1. The number of imide groups is 1. The topological polar surface area (TPSA) is 174 Å². The Morgan fingerprint density at radius 2 is 1.69 bits per heavy atom. The number of anilines is 2. The van der Waals surface area contributed by atoms with Crippen LogP contribution in [0.25, 0.3) is 33.2 Å². The number of hydrogen-bond donors (Lipinski definition) is 4. The molecular formula is C50H58N10O4. The first-order chi connectivity index (χ1) is 30.8. The Morgan fingerprint density at radius 3 is 2.39 bits per heavy atom. The highest BCUT2D eigenvalue weighted by atomic mass is 16.5. The van der Waals surface area contributed by atoms with Gasteiger partial charge in [-0.15, -0.1) is 0 Å². The second kappa shape index (κ2) is 16.4. The molecule has 10 rings (SSSR count). The van der Waals surface area contributed by atoms with Gasteiger partial charge in [0.05, 0.1) is 17.1 Å². The summed E-state index contributed by atoms with van der Waals surface area (Å²) in [4.78, 5) is 59.3. The number of carbonyl (C=O) groups excluding carboxylic acids is 3. The Labute approximate surface area is 373 Å². The first-order valence-electron chi connectivity index (χ1n) is 23.0. The number of amides is 3. The van der Waals surface area contributed by atoms with Crippen LogP contribution in [0, 0.1) is 12.3 Å². The van der Waals surface area contributed by atoms with Gasteiger partial charge in [0.15, 0.2) is 5.82 Å². The number of aromatic nitrogens is 5. The minimum Gasteiger partial charge on any atom is -0.374 e. The van der Waals surface area contributed by atoms with Crippen LogP contribution < -0.4 is 20.9 Å². The van der Waals surface area contributed by atoms with Crippen LogP contribution in [0.1, 0.15) is 124 Å². The monoisotopic (exact) mass is 862 g/mol. The predicted octanol–water partition coefficient (Wildman–Crippen LogP) is 8.10. The van der Waals surface area contributed by atoms with Gasteiger partial charge in [-0.05, 0) is 130 Å². The highest BCUT2D eigenvalue weighted by Gasteiger charge is 2.42. The van der Waals surface area contributed by atoms with E-state index in [4.69, 9.17) is 9.51 Å². The van der Waals surface area contributed by atoms with E-state index in [1.807, 2.05) is 27.7 Å². The van der Waals surface area contributed by atoms with Crippen LogP contribution in [0.4, 0.5) is 11.4 Å². The molecule has 1 saturated carbocycles. The molecule has 3 aromatic heterocycles. The van der Waals surface area contributed by atoms with Gasteiger partial charge >= 0.3 is 11.8 Å². The van der Waals surface area contributed by atoms with Crippen LogP contribution in [0.2, 0.25) is 0 Å². The van der Waals surface area contributed by atoms with Gasteiger partial charge in [0.25, 0.3) is 0 Å². The number of piperidine rings is 3. The molecule has 6 heterocycles. The fourth-order valence-electron chi connectivity index (χ4n) is 10.5. The number of aromatic amines is 1. The molecule has 1 aliphatic carbocycles. The Hall–Kier alpha value is -6.15. The molecule has 0 unspecified atom stereocenters. The van der Waals surface area contributed by atoms with E-state index in [9.17, 15) is 14.4 Å². The lowest BCUT2D eigenvalue weighted by molar-refractivity contribution is -0.133. The third-order valence-electron chi connectivity index (χ3n) is 14.7. The van der Waals surface area contributed by atoms with E-state index in [-0.39, 0.29) is 35.2 Å². The van der Waals surface area contributed by atoms with Gasteiger partial charge in [-0.1, -0.05) is 56.3 Å². The summed E-state index contributed by atoms with van der Waals surface area (Å²) < 4.78 is 5.27. The second-order valence-corrected chi connectivity index (χ2v) is 19.9. The van der Waals surface area contributed by atoms with Gasteiger partial charge in [-0.25, -0.2) is 9.97 Å². The molecular weight excluding hydrogens is 805 g/mol. The number of H-pyrrole nitrogens is 1. The van der Waals surface area contributed by atoms with E-state index in [0.717, 1.165) is 63.1 Å². The third-order valence-corrected chi connectivity index (χ3v) is 14.7. The van der Waals surface area contributed by atoms with Gasteiger partial charge in [0, 0.05) is 58.8 Å². The first-order valence-corrected chi connectivity index (χ1v) is 23.0.